The van der Waals surface area contributed by atoms with Gasteiger partial charge in [-0.25, -0.2) is 0 Å². The van der Waals surface area contributed by atoms with Crippen LogP contribution in [-0.4, -0.2) is 12.9 Å². The first-order valence-electron chi connectivity index (χ1n) is 3.53. The fourth-order valence-corrected chi connectivity index (χ4v) is 0.516. The maximum Gasteiger partial charge on any atom is 0.120 e. The van der Waals surface area contributed by atoms with E-state index in [-0.39, 0.29) is 0 Å². The van der Waals surface area contributed by atoms with Crippen LogP contribution in [0.2, 0.25) is 0 Å². The monoisotopic (exact) mass is 142 g/mol. The minimum Gasteiger partial charge on any atom is -0.502 e. The second-order valence-corrected chi connectivity index (χ2v) is 2.16. The molecule has 10 heavy (non-hydrogen) atoms. The second-order valence-electron chi connectivity index (χ2n) is 2.16. The van der Waals surface area contributed by atoms with Crippen LogP contribution in [0.5, 0.6) is 0 Å². The number of rotatable bonds is 5. The van der Waals surface area contributed by atoms with Crippen LogP contribution >= 0.6 is 0 Å². The molecule has 0 N–H and O–H groups in total. The molecule has 0 aliphatic carbocycles. The zero-order valence-corrected chi connectivity index (χ0v) is 6.54. The molecule has 1 unspecified atom stereocenters. The van der Waals surface area contributed by atoms with Crippen LogP contribution in [0.25, 0.3) is 0 Å². The number of allylic oxidation sites excluding steroid dienone is 1. The van der Waals surface area contributed by atoms with Crippen LogP contribution in [0.4, 0.5) is 0 Å². The standard InChI is InChI=1S/C8H14O2/c1-3-10-7-5-8(2)4-6-9/h5-8H,3-4H2,1-2H3/b7-5-. The molecule has 0 saturated carbocycles. The van der Waals surface area contributed by atoms with Crippen LogP contribution in [-0.2, 0) is 9.53 Å². The fraction of sp³-hybridized carbons (Fsp3) is 0.625. The highest BCUT2D eigenvalue weighted by molar-refractivity contribution is 5.50. The molecule has 0 heterocycles. The lowest BCUT2D eigenvalue weighted by atomic mass is 10.1. The Morgan fingerprint density at radius 1 is 1.60 bits per heavy atom. The molecular formula is C8H14O2. The van der Waals surface area contributed by atoms with Gasteiger partial charge in [0.2, 0.25) is 0 Å². The van der Waals surface area contributed by atoms with Gasteiger partial charge in [0, 0.05) is 6.42 Å². The van der Waals surface area contributed by atoms with Gasteiger partial charge in [-0.05, 0) is 18.9 Å². The third-order valence-corrected chi connectivity index (χ3v) is 1.14. The molecule has 0 amide bonds. The van der Waals surface area contributed by atoms with E-state index in [9.17, 15) is 4.79 Å². The van der Waals surface area contributed by atoms with Crippen molar-refractivity contribution in [2.75, 3.05) is 6.61 Å². The van der Waals surface area contributed by atoms with Crippen molar-refractivity contribution in [3.8, 4) is 0 Å². The summed E-state index contributed by atoms with van der Waals surface area (Å²) in [6, 6.07) is 0. The predicted octanol–water partition coefficient (Wildman–Crippen LogP) is 1.76. The average molecular weight is 142 g/mol. The topological polar surface area (TPSA) is 26.3 Å². The Bertz CT molecular complexity index is 108. The SMILES string of the molecule is CCO/C=C\C(C)CC=O. The number of carbonyl (C=O) groups is 1. The van der Waals surface area contributed by atoms with Crippen molar-refractivity contribution in [3.05, 3.63) is 12.3 Å². The Balaban J connectivity index is 3.34. The molecule has 0 aliphatic heterocycles. The van der Waals surface area contributed by atoms with Crippen molar-refractivity contribution in [1.82, 2.24) is 0 Å². The lowest BCUT2D eigenvalue weighted by Gasteiger charge is -1.98. The first-order chi connectivity index (χ1) is 4.81. The molecule has 0 aromatic rings. The number of hydrogen-bond acceptors (Lipinski definition) is 2. The molecule has 0 aliphatic rings. The summed E-state index contributed by atoms with van der Waals surface area (Å²) in [5.41, 5.74) is 0. The molecule has 0 saturated heterocycles. The largest absolute Gasteiger partial charge is 0.502 e. The molecule has 0 aromatic heterocycles. The molecule has 0 rings (SSSR count). The van der Waals surface area contributed by atoms with Crippen LogP contribution in [0.3, 0.4) is 0 Å². The average Bonchev–Trinajstić information content (AvgIpc) is 1.89. The van der Waals surface area contributed by atoms with E-state index in [0.29, 0.717) is 18.9 Å². The van der Waals surface area contributed by atoms with Gasteiger partial charge < -0.3 is 9.53 Å². The van der Waals surface area contributed by atoms with E-state index in [2.05, 4.69) is 0 Å². The van der Waals surface area contributed by atoms with Crippen molar-refractivity contribution in [3.63, 3.8) is 0 Å². The van der Waals surface area contributed by atoms with Crippen LogP contribution in [0, 0.1) is 5.92 Å². The highest BCUT2D eigenvalue weighted by atomic mass is 16.5. The van der Waals surface area contributed by atoms with E-state index in [1.54, 1.807) is 6.26 Å². The molecule has 0 bridgehead atoms. The van der Waals surface area contributed by atoms with E-state index < -0.39 is 0 Å². The van der Waals surface area contributed by atoms with E-state index in [1.165, 1.54) is 0 Å². The van der Waals surface area contributed by atoms with E-state index in [0.717, 1.165) is 6.29 Å². The van der Waals surface area contributed by atoms with Gasteiger partial charge in [-0.1, -0.05) is 6.92 Å². The summed E-state index contributed by atoms with van der Waals surface area (Å²) >= 11 is 0. The van der Waals surface area contributed by atoms with Gasteiger partial charge in [0.15, 0.2) is 0 Å². The molecule has 2 nitrogen and oxygen atoms in total. The number of ether oxygens (including phenoxy) is 1. The van der Waals surface area contributed by atoms with Gasteiger partial charge in [-0.3, -0.25) is 0 Å². The molecule has 2 heteroatoms. The minimum atomic E-state index is 0.295. The Hall–Kier alpha value is -0.790. The zero-order valence-electron chi connectivity index (χ0n) is 6.54. The lowest BCUT2D eigenvalue weighted by Crippen LogP contribution is -1.90. The van der Waals surface area contributed by atoms with Gasteiger partial charge >= 0.3 is 0 Å². The molecule has 1 atom stereocenters. The van der Waals surface area contributed by atoms with Crippen molar-refractivity contribution in [1.29, 1.82) is 0 Å². The summed E-state index contributed by atoms with van der Waals surface area (Å²) in [4.78, 5) is 9.97. The molecule has 0 spiro atoms. The molecule has 0 fully saturated rings. The maximum absolute atomic E-state index is 9.97. The fourth-order valence-electron chi connectivity index (χ4n) is 0.516. The first-order valence-corrected chi connectivity index (χ1v) is 3.53. The smallest absolute Gasteiger partial charge is 0.120 e. The number of carbonyl (C=O) groups excluding carboxylic acids is 1. The van der Waals surface area contributed by atoms with Gasteiger partial charge in [0.05, 0.1) is 12.9 Å². The van der Waals surface area contributed by atoms with Gasteiger partial charge in [-0.15, -0.1) is 0 Å². The van der Waals surface area contributed by atoms with Crippen molar-refractivity contribution >= 4 is 6.29 Å². The second kappa shape index (κ2) is 6.33. The Morgan fingerprint density at radius 3 is 2.80 bits per heavy atom. The maximum atomic E-state index is 9.97. The summed E-state index contributed by atoms with van der Waals surface area (Å²) in [6.45, 7) is 4.59. The number of hydrogen-bond donors (Lipinski definition) is 0. The number of aldehydes is 1. The van der Waals surface area contributed by atoms with Crippen molar-refractivity contribution in [2.24, 2.45) is 5.92 Å². The lowest BCUT2D eigenvalue weighted by molar-refractivity contribution is -0.108. The predicted molar refractivity (Wildman–Crippen MR) is 40.6 cm³/mol. The summed E-state index contributed by atoms with van der Waals surface area (Å²) in [5, 5.41) is 0. The van der Waals surface area contributed by atoms with Crippen molar-refractivity contribution < 1.29 is 9.53 Å². The Labute approximate surface area is 61.9 Å². The van der Waals surface area contributed by atoms with Crippen LogP contribution < -0.4 is 0 Å². The van der Waals surface area contributed by atoms with Gasteiger partial charge in [-0.2, -0.15) is 0 Å². The highest BCUT2D eigenvalue weighted by Crippen LogP contribution is 2.00. The van der Waals surface area contributed by atoms with Crippen LogP contribution in [0.15, 0.2) is 12.3 Å². The quantitative estimate of drug-likeness (QED) is 0.432. The minimum absolute atomic E-state index is 0.295. The molecular weight excluding hydrogens is 128 g/mol. The normalized spacial score (nSPS) is 13.4. The third-order valence-electron chi connectivity index (χ3n) is 1.14. The van der Waals surface area contributed by atoms with Crippen molar-refractivity contribution in [2.45, 2.75) is 20.3 Å². The van der Waals surface area contributed by atoms with Gasteiger partial charge in [0.25, 0.3) is 0 Å². The third kappa shape index (κ3) is 5.35. The summed E-state index contributed by atoms with van der Waals surface area (Å²) in [7, 11) is 0. The van der Waals surface area contributed by atoms with E-state index >= 15 is 0 Å². The Morgan fingerprint density at radius 2 is 2.30 bits per heavy atom. The summed E-state index contributed by atoms with van der Waals surface area (Å²) < 4.78 is 4.95. The van der Waals surface area contributed by atoms with E-state index in [1.807, 2.05) is 19.9 Å². The van der Waals surface area contributed by atoms with Gasteiger partial charge in [0.1, 0.15) is 6.29 Å². The van der Waals surface area contributed by atoms with Crippen LogP contribution in [0.1, 0.15) is 20.3 Å². The highest BCUT2D eigenvalue weighted by Gasteiger charge is 1.92. The molecule has 58 valence electrons. The van der Waals surface area contributed by atoms with E-state index in [4.69, 9.17) is 4.74 Å². The molecule has 0 aromatic carbocycles. The summed E-state index contributed by atoms with van der Waals surface area (Å²) in [5.74, 6) is 0.295. The Kier molecular flexibility index (Phi) is 5.83. The first kappa shape index (κ1) is 9.21. The molecule has 0 radical (unpaired) electrons. The summed E-state index contributed by atoms with van der Waals surface area (Å²) in [6.07, 6.45) is 5.02. The zero-order chi connectivity index (χ0) is 7.82.